The van der Waals surface area contributed by atoms with E-state index >= 15 is 0 Å². The molecule has 10 heteroatoms. The maximum absolute atomic E-state index is 12.7. The number of carbonyl (C=O) groups is 2. The molecule has 4 N–H and O–H groups in total. The van der Waals surface area contributed by atoms with E-state index in [1.807, 2.05) is 0 Å². The molecule has 0 bridgehead atoms. The number of hydrogen-bond acceptors (Lipinski definition) is 10. The number of esters is 2. The number of allylic oxidation sites excluding steroid dienone is 14. The summed E-state index contributed by atoms with van der Waals surface area (Å²) in [5, 5.41) is 40.0. The fourth-order valence-electron chi connectivity index (χ4n) is 5.77. The van der Waals surface area contributed by atoms with Gasteiger partial charge in [-0.05, 0) is 89.9 Å². The lowest BCUT2D eigenvalue weighted by Crippen LogP contribution is -2.59. The third kappa shape index (κ3) is 28.9. The van der Waals surface area contributed by atoms with E-state index < -0.39 is 55.4 Å². The van der Waals surface area contributed by atoms with Gasteiger partial charge in [0.05, 0.1) is 13.2 Å². The van der Waals surface area contributed by atoms with Gasteiger partial charge >= 0.3 is 11.9 Å². The zero-order chi connectivity index (χ0) is 41.6. The van der Waals surface area contributed by atoms with E-state index in [2.05, 4.69) is 98.9 Å². The third-order valence-corrected chi connectivity index (χ3v) is 9.23. The highest BCUT2D eigenvalue weighted by atomic mass is 16.7. The quantitative estimate of drug-likeness (QED) is 0.0282. The summed E-state index contributed by atoms with van der Waals surface area (Å²) in [4.78, 5) is 25.3. The maximum atomic E-state index is 12.7. The standard InChI is InChI=1S/C47H76O10/c1-3-5-7-9-11-13-15-17-19-20-22-23-25-27-29-31-33-35-42(49)54-38-40(39-55-47-46(53)45(52)44(51)41(37-48)57-47)56-43(50)36-34-32-30-28-26-24-21-18-16-14-12-10-8-6-4-2/h7,9,12-15,18-21,23,25-26,28,40-41,44-48,51-53H,3-6,8,10-11,16-17,22,24,27,29-39H2,1-2H3/b9-7+,14-12+,15-13+,20-19+,21-18+,25-23+,28-26+/t40-,41-,44+,45?,46?,47-/m0/s1. The Morgan fingerprint density at radius 3 is 1.54 bits per heavy atom. The van der Waals surface area contributed by atoms with Crippen molar-refractivity contribution in [3.05, 3.63) is 85.1 Å². The molecule has 0 amide bonds. The van der Waals surface area contributed by atoms with Crippen LogP contribution < -0.4 is 0 Å². The van der Waals surface area contributed by atoms with Crippen LogP contribution in [0.1, 0.15) is 142 Å². The Hall–Kier alpha value is -3.12. The number of unbranched alkanes of at least 4 members (excludes halogenated alkanes) is 9. The molecule has 0 saturated carbocycles. The van der Waals surface area contributed by atoms with Crippen LogP contribution >= 0.6 is 0 Å². The van der Waals surface area contributed by atoms with E-state index in [4.69, 9.17) is 18.9 Å². The second kappa shape index (κ2) is 37.2. The van der Waals surface area contributed by atoms with Crippen LogP contribution in [0.15, 0.2) is 85.1 Å². The van der Waals surface area contributed by atoms with Crippen LogP contribution in [0, 0.1) is 0 Å². The summed E-state index contributed by atoms with van der Waals surface area (Å²) in [6.07, 6.45) is 40.1. The zero-order valence-corrected chi connectivity index (χ0v) is 35.0. The van der Waals surface area contributed by atoms with Crippen molar-refractivity contribution in [1.29, 1.82) is 0 Å². The van der Waals surface area contributed by atoms with Crippen LogP contribution in [0.25, 0.3) is 0 Å². The van der Waals surface area contributed by atoms with Crippen LogP contribution in [0.3, 0.4) is 0 Å². The molecule has 2 unspecified atom stereocenters. The van der Waals surface area contributed by atoms with Crippen LogP contribution in [-0.2, 0) is 28.5 Å². The van der Waals surface area contributed by atoms with E-state index in [-0.39, 0.29) is 26.1 Å². The highest BCUT2D eigenvalue weighted by molar-refractivity contribution is 5.70. The Morgan fingerprint density at radius 1 is 0.544 bits per heavy atom. The van der Waals surface area contributed by atoms with Gasteiger partial charge in [-0.2, -0.15) is 0 Å². The summed E-state index contributed by atoms with van der Waals surface area (Å²) < 4.78 is 22.1. The molecule has 0 spiro atoms. The SMILES string of the molecule is CCC/C=C/C/C=C/C/C=C/C/C=C/CCCCCC(=O)OC[C@@H](CO[C@H]1O[C@@H](CO)[C@@H](O)C(O)C1O)OC(=O)CCCC/C=C/C/C=C/C/C=C/CCCCC. The van der Waals surface area contributed by atoms with Crippen molar-refractivity contribution < 1.29 is 49.0 Å². The highest BCUT2D eigenvalue weighted by Crippen LogP contribution is 2.22. The molecule has 1 fully saturated rings. The van der Waals surface area contributed by atoms with Crippen molar-refractivity contribution >= 4 is 11.9 Å². The molecule has 10 nitrogen and oxygen atoms in total. The van der Waals surface area contributed by atoms with Gasteiger partial charge in [0.15, 0.2) is 12.4 Å². The Labute approximate surface area is 344 Å². The second-order valence-electron chi connectivity index (χ2n) is 14.4. The summed E-state index contributed by atoms with van der Waals surface area (Å²) in [6.45, 7) is 3.23. The Morgan fingerprint density at radius 2 is 1.02 bits per heavy atom. The predicted octanol–water partition coefficient (Wildman–Crippen LogP) is 8.99. The Balaban J connectivity index is 2.42. The fourth-order valence-corrected chi connectivity index (χ4v) is 5.77. The molecule has 0 aliphatic carbocycles. The first kappa shape index (κ1) is 51.9. The summed E-state index contributed by atoms with van der Waals surface area (Å²) in [6, 6.07) is 0. The molecule has 57 heavy (non-hydrogen) atoms. The number of carbonyl (C=O) groups excluding carboxylic acids is 2. The van der Waals surface area contributed by atoms with Crippen molar-refractivity contribution in [1.82, 2.24) is 0 Å². The monoisotopic (exact) mass is 801 g/mol. The lowest BCUT2D eigenvalue weighted by atomic mass is 9.99. The van der Waals surface area contributed by atoms with Crippen molar-refractivity contribution in [2.45, 2.75) is 179 Å². The first-order chi connectivity index (χ1) is 27.8. The van der Waals surface area contributed by atoms with Crippen LogP contribution in [0.2, 0.25) is 0 Å². The second-order valence-corrected chi connectivity index (χ2v) is 14.4. The number of rotatable bonds is 34. The molecule has 1 rings (SSSR count). The van der Waals surface area contributed by atoms with E-state index in [0.29, 0.717) is 12.8 Å². The highest BCUT2D eigenvalue weighted by Gasteiger charge is 2.44. The lowest BCUT2D eigenvalue weighted by Gasteiger charge is -2.39. The van der Waals surface area contributed by atoms with Crippen LogP contribution in [-0.4, -0.2) is 89.0 Å². The third-order valence-electron chi connectivity index (χ3n) is 9.23. The van der Waals surface area contributed by atoms with Gasteiger partial charge in [-0.15, -0.1) is 0 Å². The van der Waals surface area contributed by atoms with Gasteiger partial charge in [0, 0.05) is 12.8 Å². The van der Waals surface area contributed by atoms with Crippen molar-refractivity contribution in [3.8, 4) is 0 Å². The van der Waals surface area contributed by atoms with E-state index in [9.17, 15) is 30.0 Å². The van der Waals surface area contributed by atoms with E-state index in [1.54, 1.807) is 0 Å². The average Bonchev–Trinajstić information content (AvgIpc) is 3.21. The minimum absolute atomic E-state index is 0.169. The summed E-state index contributed by atoms with van der Waals surface area (Å²) in [7, 11) is 0. The predicted molar refractivity (Wildman–Crippen MR) is 228 cm³/mol. The van der Waals surface area contributed by atoms with Gasteiger partial charge in [0.1, 0.15) is 31.0 Å². The number of aliphatic hydroxyl groups is 4. The fraction of sp³-hybridized carbons (Fsp3) is 0.660. The van der Waals surface area contributed by atoms with Gasteiger partial charge in [-0.1, -0.05) is 125 Å². The Kier molecular flexibility index (Phi) is 33.8. The van der Waals surface area contributed by atoms with Crippen molar-refractivity contribution in [3.63, 3.8) is 0 Å². The smallest absolute Gasteiger partial charge is 0.306 e. The van der Waals surface area contributed by atoms with Gasteiger partial charge in [0.25, 0.3) is 0 Å². The normalized spacial score (nSPS) is 21.1. The van der Waals surface area contributed by atoms with Gasteiger partial charge in [-0.25, -0.2) is 0 Å². The molecule has 1 saturated heterocycles. The molecule has 1 heterocycles. The largest absolute Gasteiger partial charge is 0.462 e. The van der Waals surface area contributed by atoms with Crippen LogP contribution in [0.5, 0.6) is 0 Å². The van der Waals surface area contributed by atoms with E-state index in [1.165, 1.54) is 25.7 Å². The average molecular weight is 801 g/mol. The van der Waals surface area contributed by atoms with Gasteiger partial charge in [-0.3, -0.25) is 9.59 Å². The summed E-state index contributed by atoms with van der Waals surface area (Å²) in [5.41, 5.74) is 0. The number of hydrogen-bond donors (Lipinski definition) is 4. The molecule has 1 aliphatic rings. The summed E-state index contributed by atoms with van der Waals surface area (Å²) >= 11 is 0. The first-order valence-electron chi connectivity index (χ1n) is 21.7. The molecule has 324 valence electrons. The van der Waals surface area contributed by atoms with Crippen molar-refractivity contribution in [2.75, 3.05) is 19.8 Å². The molecule has 0 aromatic rings. The van der Waals surface area contributed by atoms with Gasteiger partial charge in [0.2, 0.25) is 0 Å². The van der Waals surface area contributed by atoms with Crippen LogP contribution in [0.4, 0.5) is 0 Å². The minimum atomic E-state index is -1.61. The number of ether oxygens (including phenoxy) is 4. The van der Waals surface area contributed by atoms with E-state index in [0.717, 1.165) is 77.0 Å². The number of aliphatic hydroxyl groups excluding tert-OH is 4. The lowest BCUT2D eigenvalue weighted by molar-refractivity contribution is -0.305. The maximum Gasteiger partial charge on any atom is 0.306 e. The van der Waals surface area contributed by atoms with Gasteiger partial charge < -0.3 is 39.4 Å². The minimum Gasteiger partial charge on any atom is -0.462 e. The zero-order valence-electron chi connectivity index (χ0n) is 35.0. The molecular formula is C47H76O10. The molecule has 1 aliphatic heterocycles. The summed E-state index contributed by atoms with van der Waals surface area (Å²) in [5.74, 6) is -0.898. The Bertz CT molecular complexity index is 1200. The first-order valence-corrected chi connectivity index (χ1v) is 21.7. The molecule has 0 aromatic heterocycles. The molecule has 0 radical (unpaired) electrons. The molecule has 6 atom stereocenters. The topological polar surface area (TPSA) is 152 Å². The van der Waals surface area contributed by atoms with Crippen molar-refractivity contribution in [2.24, 2.45) is 0 Å². The molecule has 0 aromatic carbocycles. The molecular weight excluding hydrogens is 725 g/mol.